The topological polar surface area (TPSA) is 61.9 Å². The van der Waals surface area contributed by atoms with Crippen LogP contribution in [0.25, 0.3) is 11.8 Å². The molecule has 2 aromatic carbocycles. The minimum Gasteiger partial charge on any atom is -0.487 e. The highest BCUT2D eigenvalue weighted by Crippen LogP contribution is 2.29. The molecule has 0 saturated heterocycles. The lowest BCUT2D eigenvalue weighted by molar-refractivity contribution is 0.305. The van der Waals surface area contributed by atoms with Crippen LogP contribution < -0.4 is 10.4 Å². The Labute approximate surface area is 160 Å². The second-order valence-electron chi connectivity index (χ2n) is 5.51. The number of benzene rings is 2. The van der Waals surface area contributed by atoms with Gasteiger partial charge in [0.1, 0.15) is 12.4 Å². The Morgan fingerprint density at radius 3 is 2.69 bits per heavy atom. The van der Waals surface area contributed by atoms with Gasteiger partial charge in [-0.3, -0.25) is 0 Å². The van der Waals surface area contributed by atoms with Crippen LogP contribution in [0.1, 0.15) is 18.1 Å². The fourth-order valence-electron chi connectivity index (χ4n) is 2.49. The summed E-state index contributed by atoms with van der Waals surface area (Å²) in [4.78, 5) is 12.3. The van der Waals surface area contributed by atoms with E-state index in [1.807, 2.05) is 31.2 Å². The summed E-state index contributed by atoms with van der Waals surface area (Å²) < 4.78 is 8.29. The average molecular weight is 391 g/mol. The number of rotatable bonds is 5. The number of allylic oxidation sites excluding steroid dienone is 1. The van der Waals surface area contributed by atoms with Crippen LogP contribution >= 0.6 is 23.2 Å². The van der Waals surface area contributed by atoms with Gasteiger partial charge < -0.3 is 4.74 Å². The lowest BCUT2D eigenvalue weighted by atomic mass is 10.1. The number of aryl methyl sites for hydroxylation is 1. The summed E-state index contributed by atoms with van der Waals surface area (Å²) in [5, 5.41) is 8.68. The van der Waals surface area contributed by atoms with Crippen molar-refractivity contribution in [3.8, 4) is 11.4 Å². The van der Waals surface area contributed by atoms with Gasteiger partial charge in [-0.2, -0.15) is 9.36 Å². The highest BCUT2D eigenvalue weighted by Gasteiger charge is 2.15. The third kappa shape index (κ3) is 3.66. The quantitative estimate of drug-likeness (QED) is 0.662. The second kappa shape index (κ2) is 7.76. The maximum absolute atomic E-state index is 12.3. The molecule has 3 aromatic rings. The summed E-state index contributed by atoms with van der Waals surface area (Å²) in [7, 11) is 1.55. The molecule has 134 valence electrons. The van der Waals surface area contributed by atoms with Crippen LogP contribution in [0.3, 0.4) is 0 Å². The van der Waals surface area contributed by atoms with E-state index in [2.05, 4.69) is 10.4 Å². The summed E-state index contributed by atoms with van der Waals surface area (Å²) >= 11 is 12.2. The highest BCUT2D eigenvalue weighted by atomic mass is 35.5. The molecule has 1 aromatic heterocycles. The molecule has 0 fully saturated rings. The third-order valence-electron chi connectivity index (χ3n) is 3.75. The Morgan fingerprint density at radius 2 is 2.00 bits per heavy atom. The first-order valence-corrected chi connectivity index (χ1v) is 8.58. The van der Waals surface area contributed by atoms with Crippen LogP contribution in [-0.2, 0) is 13.7 Å². The number of hydrogen-bond donors (Lipinski definition) is 0. The normalized spacial score (nSPS) is 11.2. The van der Waals surface area contributed by atoms with Crippen molar-refractivity contribution in [2.75, 3.05) is 0 Å². The first-order valence-electron chi connectivity index (χ1n) is 7.83. The summed E-state index contributed by atoms with van der Waals surface area (Å²) in [5.74, 6) is 0.465. The Balaban J connectivity index is 2.05. The van der Waals surface area contributed by atoms with Crippen LogP contribution in [0.2, 0.25) is 10.0 Å². The molecular weight excluding hydrogens is 375 g/mol. The molecule has 1 heterocycles. The first-order chi connectivity index (χ1) is 12.5. The molecule has 0 atom stereocenters. The van der Waals surface area contributed by atoms with Gasteiger partial charge in [-0.15, -0.1) is 0 Å². The molecule has 0 aliphatic heterocycles. The minimum atomic E-state index is -0.343. The Hall–Kier alpha value is -2.57. The molecule has 0 bridgehead atoms. The maximum Gasteiger partial charge on any atom is 0.368 e. The molecule has 0 N–H and O–H groups in total. The number of hydrogen-bond acceptors (Lipinski definition) is 4. The molecule has 0 saturated carbocycles. The molecule has 0 aliphatic carbocycles. The average Bonchev–Trinajstić information content (AvgIpc) is 2.95. The molecule has 3 rings (SSSR count). The Bertz CT molecular complexity index is 1020. The van der Waals surface area contributed by atoms with Gasteiger partial charge in [-0.05, 0) is 41.1 Å². The zero-order valence-corrected chi connectivity index (χ0v) is 15.7. The van der Waals surface area contributed by atoms with Crippen LogP contribution in [0.4, 0.5) is 0 Å². The molecule has 0 radical (unpaired) electrons. The summed E-state index contributed by atoms with van der Waals surface area (Å²) in [6.07, 6.45) is 3.84. The SMILES string of the molecule is C/C=C/c1cccc(-n2nnn(C)c2=O)c1COc1cc(Cl)ccc1Cl. The van der Waals surface area contributed by atoms with Gasteiger partial charge in [0.15, 0.2) is 0 Å². The molecule has 26 heavy (non-hydrogen) atoms. The van der Waals surface area contributed by atoms with Gasteiger partial charge in [-0.1, -0.05) is 47.5 Å². The van der Waals surface area contributed by atoms with E-state index in [0.29, 0.717) is 21.5 Å². The number of ether oxygens (including phenoxy) is 1. The monoisotopic (exact) mass is 390 g/mol. The van der Waals surface area contributed by atoms with Crippen molar-refractivity contribution in [3.63, 3.8) is 0 Å². The smallest absolute Gasteiger partial charge is 0.368 e. The van der Waals surface area contributed by atoms with E-state index in [9.17, 15) is 4.79 Å². The molecule has 0 spiro atoms. The molecule has 0 amide bonds. The predicted molar refractivity (Wildman–Crippen MR) is 102 cm³/mol. The van der Waals surface area contributed by atoms with Gasteiger partial charge in [0.2, 0.25) is 0 Å². The van der Waals surface area contributed by atoms with Crippen LogP contribution in [0, 0.1) is 0 Å². The van der Waals surface area contributed by atoms with Crippen molar-refractivity contribution < 1.29 is 4.74 Å². The number of aromatic nitrogens is 4. The van der Waals surface area contributed by atoms with E-state index in [1.54, 1.807) is 31.3 Å². The largest absolute Gasteiger partial charge is 0.487 e. The fraction of sp³-hybridized carbons (Fsp3) is 0.167. The van der Waals surface area contributed by atoms with E-state index in [0.717, 1.165) is 11.1 Å². The number of nitrogens with zero attached hydrogens (tertiary/aromatic N) is 4. The lowest BCUT2D eigenvalue weighted by Crippen LogP contribution is -2.23. The minimum absolute atomic E-state index is 0.179. The van der Waals surface area contributed by atoms with Crippen molar-refractivity contribution in [1.82, 2.24) is 19.8 Å². The standard InChI is InChI=1S/C18H16Cl2N4O2/c1-3-5-12-6-4-7-16(24-18(25)23(2)21-22-24)14(12)11-26-17-10-13(19)8-9-15(17)20/h3-10H,11H2,1-2H3/b5-3+. The van der Waals surface area contributed by atoms with Gasteiger partial charge in [0, 0.05) is 23.7 Å². The Kier molecular flexibility index (Phi) is 5.44. The lowest BCUT2D eigenvalue weighted by Gasteiger charge is -2.14. The van der Waals surface area contributed by atoms with Crippen molar-refractivity contribution >= 4 is 29.3 Å². The third-order valence-corrected chi connectivity index (χ3v) is 4.30. The van der Waals surface area contributed by atoms with Gasteiger partial charge >= 0.3 is 5.69 Å². The first kappa shape index (κ1) is 18.2. The van der Waals surface area contributed by atoms with Crippen molar-refractivity contribution in [2.45, 2.75) is 13.5 Å². The van der Waals surface area contributed by atoms with Crippen LogP contribution in [0.15, 0.2) is 47.3 Å². The zero-order valence-electron chi connectivity index (χ0n) is 14.2. The molecule has 8 heteroatoms. The van der Waals surface area contributed by atoms with E-state index in [1.165, 1.54) is 9.36 Å². The molecule has 0 unspecified atom stereocenters. The zero-order chi connectivity index (χ0) is 18.7. The van der Waals surface area contributed by atoms with Gasteiger partial charge in [0.25, 0.3) is 0 Å². The van der Waals surface area contributed by atoms with Crippen LogP contribution in [0.5, 0.6) is 5.75 Å². The van der Waals surface area contributed by atoms with Gasteiger partial charge in [-0.25, -0.2) is 4.79 Å². The maximum atomic E-state index is 12.3. The number of tetrazole rings is 1. The van der Waals surface area contributed by atoms with Crippen molar-refractivity contribution in [2.24, 2.45) is 7.05 Å². The summed E-state index contributed by atoms with van der Waals surface area (Å²) in [5.41, 5.74) is 1.94. The Morgan fingerprint density at radius 1 is 1.19 bits per heavy atom. The molecular formula is C18H16Cl2N4O2. The van der Waals surface area contributed by atoms with Crippen LogP contribution in [-0.4, -0.2) is 19.8 Å². The van der Waals surface area contributed by atoms with Crippen molar-refractivity contribution in [3.05, 3.63) is 74.1 Å². The summed E-state index contributed by atoms with van der Waals surface area (Å²) in [6, 6.07) is 10.6. The van der Waals surface area contributed by atoms with E-state index < -0.39 is 0 Å². The number of halogens is 2. The van der Waals surface area contributed by atoms with E-state index >= 15 is 0 Å². The highest BCUT2D eigenvalue weighted by molar-refractivity contribution is 6.34. The predicted octanol–water partition coefficient (Wildman–Crippen LogP) is 3.88. The molecule has 0 aliphatic rings. The fourth-order valence-corrected chi connectivity index (χ4v) is 2.82. The van der Waals surface area contributed by atoms with E-state index in [4.69, 9.17) is 27.9 Å². The van der Waals surface area contributed by atoms with Gasteiger partial charge in [0.05, 0.1) is 10.7 Å². The summed E-state index contributed by atoms with van der Waals surface area (Å²) in [6.45, 7) is 2.10. The van der Waals surface area contributed by atoms with Crippen molar-refractivity contribution in [1.29, 1.82) is 0 Å². The molecule has 6 nitrogen and oxygen atoms in total. The second-order valence-corrected chi connectivity index (χ2v) is 6.35. The van der Waals surface area contributed by atoms with E-state index in [-0.39, 0.29) is 12.3 Å².